The first-order valence-corrected chi connectivity index (χ1v) is 11.5. The molecule has 1 N–H and O–H groups in total. The van der Waals surface area contributed by atoms with Crippen LogP contribution in [0.15, 0.2) is 60.7 Å². The molecule has 188 valence electrons. The van der Waals surface area contributed by atoms with Crippen molar-refractivity contribution in [1.29, 1.82) is 0 Å². The smallest absolute Gasteiger partial charge is 0.416 e. The summed E-state index contributed by atoms with van der Waals surface area (Å²) in [5.41, 5.74) is 2.93. The van der Waals surface area contributed by atoms with Gasteiger partial charge in [-0.1, -0.05) is 48.5 Å². The van der Waals surface area contributed by atoms with E-state index in [1.807, 2.05) is 24.3 Å². The molecule has 0 saturated carbocycles. The normalized spacial score (nSPS) is 14.9. The number of halogens is 3. The van der Waals surface area contributed by atoms with Gasteiger partial charge in [-0.25, -0.2) is 0 Å². The Morgan fingerprint density at radius 3 is 2.44 bits per heavy atom. The van der Waals surface area contributed by atoms with E-state index >= 15 is 0 Å². The van der Waals surface area contributed by atoms with E-state index in [2.05, 4.69) is 0 Å². The minimum absolute atomic E-state index is 0.0418. The van der Waals surface area contributed by atoms with Crippen molar-refractivity contribution in [1.82, 2.24) is 4.90 Å². The standard InChI is InChI=1S/C28H26F3NO4/c1-17(33)32(25-13-10-18-6-3-4-8-23(18)25)16-20-14-21(28(29,30)31)11-12-22(20)24-9-5-7-19(15-26(34)35)27(24)36-2/h3-9,11-12,14,25H,10,13,15-16H2,1-2H3,(H,34,35)/t25-/m1/s1. The monoisotopic (exact) mass is 497 g/mol. The van der Waals surface area contributed by atoms with Crippen molar-refractivity contribution in [2.45, 2.75) is 44.9 Å². The minimum atomic E-state index is -4.57. The summed E-state index contributed by atoms with van der Waals surface area (Å²) in [4.78, 5) is 25.7. The van der Waals surface area contributed by atoms with Crippen molar-refractivity contribution in [2.24, 2.45) is 0 Å². The number of alkyl halides is 3. The maximum atomic E-state index is 13.7. The average Bonchev–Trinajstić information content (AvgIpc) is 3.25. The van der Waals surface area contributed by atoms with Gasteiger partial charge in [0.2, 0.25) is 5.91 Å². The van der Waals surface area contributed by atoms with E-state index in [9.17, 15) is 27.9 Å². The van der Waals surface area contributed by atoms with Crippen LogP contribution in [0.4, 0.5) is 13.2 Å². The number of nitrogens with zero attached hydrogens (tertiary/aromatic N) is 1. The van der Waals surface area contributed by atoms with Gasteiger partial charge in [0.25, 0.3) is 0 Å². The first-order chi connectivity index (χ1) is 17.1. The van der Waals surface area contributed by atoms with Crippen LogP contribution in [0.25, 0.3) is 11.1 Å². The zero-order chi connectivity index (χ0) is 26.0. The van der Waals surface area contributed by atoms with Crippen molar-refractivity contribution in [3.05, 3.63) is 88.5 Å². The number of amides is 1. The number of ether oxygens (including phenoxy) is 1. The molecule has 8 heteroatoms. The molecular formula is C28H26F3NO4. The number of benzene rings is 3. The number of carbonyl (C=O) groups is 2. The van der Waals surface area contributed by atoms with Gasteiger partial charge < -0.3 is 14.7 Å². The molecular weight excluding hydrogens is 471 g/mol. The van der Waals surface area contributed by atoms with Crippen LogP contribution in [-0.4, -0.2) is 29.0 Å². The van der Waals surface area contributed by atoms with E-state index in [0.29, 0.717) is 28.7 Å². The highest BCUT2D eigenvalue weighted by Crippen LogP contribution is 2.41. The number of aryl methyl sites for hydroxylation is 1. The van der Waals surface area contributed by atoms with Crippen molar-refractivity contribution < 1.29 is 32.6 Å². The Labute approximate surface area is 207 Å². The third-order valence-electron chi connectivity index (χ3n) is 6.59. The van der Waals surface area contributed by atoms with Gasteiger partial charge in [-0.15, -0.1) is 0 Å². The van der Waals surface area contributed by atoms with Crippen LogP contribution in [0.5, 0.6) is 5.75 Å². The molecule has 36 heavy (non-hydrogen) atoms. The Morgan fingerprint density at radius 1 is 1.03 bits per heavy atom. The molecule has 3 aromatic carbocycles. The summed E-state index contributed by atoms with van der Waals surface area (Å²) in [7, 11) is 1.39. The largest absolute Gasteiger partial charge is 0.496 e. The lowest BCUT2D eigenvalue weighted by Gasteiger charge is -2.30. The topological polar surface area (TPSA) is 66.8 Å². The third kappa shape index (κ3) is 5.08. The zero-order valence-corrected chi connectivity index (χ0v) is 19.9. The van der Waals surface area contributed by atoms with E-state index in [4.69, 9.17) is 4.74 Å². The number of carboxylic acid groups (broad SMARTS) is 1. The van der Waals surface area contributed by atoms with Crippen LogP contribution < -0.4 is 4.74 Å². The molecule has 0 aromatic heterocycles. The fourth-order valence-electron chi connectivity index (χ4n) is 4.99. The molecule has 0 spiro atoms. The van der Waals surface area contributed by atoms with Gasteiger partial charge in [0, 0.05) is 24.6 Å². The van der Waals surface area contributed by atoms with Gasteiger partial charge >= 0.3 is 12.1 Å². The predicted molar refractivity (Wildman–Crippen MR) is 128 cm³/mol. The molecule has 0 saturated heterocycles. The molecule has 0 bridgehead atoms. The molecule has 5 nitrogen and oxygen atoms in total. The second kappa shape index (κ2) is 10.0. The molecule has 1 aliphatic rings. The van der Waals surface area contributed by atoms with E-state index in [1.165, 1.54) is 20.1 Å². The number of fused-ring (bicyclic) bond motifs is 1. The van der Waals surface area contributed by atoms with Gasteiger partial charge in [-0.05, 0) is 47.2 Å². The molecule has 0 radical (unpaired) electrons. The van der Waals surface area contributed by atoms with Crippen LogP contribution in [0.3, 0.4) is 0 Å². The molecule has 0 aliphatic heterocycles. The second-order valence-electron chi connectivity index (χ2n) is 8.84. The Hall–Kier alpha value is -3.81. The first-order valence-electron chi connectivity index (χ1n) is 11.5. The summed E-state index contributed by atoms with van der Waals surface area (Å²) in [6, 6.07) is 15.9. The van der Waals surface area contributed by atoms with E-state index in [-0.39, 0.29) is 30.7 Å². The highest BCUT2D eigenvalue weighted by atomic mass is 19.4. The summed E-state index contributed by atoms with van der Waals surface area (Å²) in [5.74, 6) is -1.02. The summed E-state index contributed by atoms with van der Waals surface area (Å²) < 4.78 is 46.6. The van der Waals surface area contributed by atoms with E-state index < -0.39 is 17.7 Å². The van der Waals surface area contributed by atoms with Crippen molar-refractivity contribution in [2.75, 3.05) is 7.11 Å². The summed E-state index contributed by atoms with van der Waals surface area (Å²) in [5, 5.41) is 9.29. The quantitative estimate of drug-likeness (QED) is 0.432. The molecule has 3 aromatic rings. The lowest BCUT2D eigenvalue weighted by molar-refractivity contribution is -0.138. The molecule has 0 heterocycles. The summed E-state index contributed by atoms with van der Waals surface area (Å²) >= 11 is 0. The Kier molecular flexibility index (Phi) is 7.06. The SMILES string of the molecule is COc1c(CC(=O)O)cccc1-c1ccc(C(F)(F)F)cc1CN(C(C)=O)[C@@H]1CCc2ccccc21. The number of carboxylic acids is 1. The van der Waals surface area contributed by atoms with Gasteiger partial charge in [0.15, 0.2) is 0 Å². The summed E-state index contributed by atoms with van der Waals surface area (Å²) in [6.07, 6.45) is -3.40. The Morgan fingerprint density at radius 2 is 1.78 bits per heavy atom. The predicted octanol–water partition coefficient (Wildman–Crippen LogP) is 6.04. The average molecular weight is 498 g/mol. The molecule has 1 aliphatic carbocycles. The Balaban J connectivity index is 1.84. The second-order valence-corrected chi connectivity index (χ2v) is 8.84. The molecule has 1 atom stereocenters. The van der Waals surface area contributed by atoms with Crippen LogP contribution >= 0.6 is 0 Å². The highest BCUT2D eigenvalue weighted by Gasteiger charge is 2.33. The molecule has 0 unspecified atom stereocenters. The fourth-order valence-corrected chi connectivity index (χ4v) is 4.99. The van der Waals surface area contributed by atoms with Crippen molar-refractivity contribution in [3.8, 4) is 16.9 Å². The van der Waals surface area contributed by atoms with Crippen LogP contribution in [0, 0.1) is 0 Å². The lowest BCUT2D eigenvalue weighted by atomic mass is 9.93. The molecule has 4 rings (SSSR count). The van der Waals surface area contributed by atoms with Gasteiger partial charge in [0.05, 0.1) is 25.1 Å². The maximum absolute atomic E-state index is 13.7. The van der Waals surface area contributed by atoms with E-state index in [1.54, 1.807) is 23.1 Å². The number of aliphatic carboxylic acids is 1. The highest BCUT2D eigenvalue weighted by molar-refractivity contribution is 5.80. The number of carbonyl (C=O) groups excluding carboxylic acids is 1. The van der Waals surface area contributed by atoms with E-state index in [0.717, 1.165) is 29.7 Å². The fraction of sp³-hybridized carbons (Fsp3) is 0.286. The number of rotatable bonds is 7. The number of methoxy groups -OCH3 is 1. The van der Waals surface area contributed by atoms with Crippen LogP contribution in [0.2, 0.25) is 0 Å². The zero-order valence-electron chi connectivity index (χ0n) is 19.9. The maximum Gasteiger partial charge on any atom is 0.416 e. The van der Waals surface area contributed by atoms with Crippen LogP contribution in [-0.2, 0) is 35.2 Å². The third-order valence-corrected chi connectivity index (χ3v) is 6.59. The number of para-hydroxylation sites is 1. The minimum Gasteiger partial charge on any atom is -0.496 e. The van der Waals surface area contributed by atoms with Gasteiger partial charge in [0.1, 0.15) is 5.75 Å². The van der Waals surface area contributed by atoms with Gasteiger partial charge in [-0.3, -0.25) is 9.59 Å². The number of hydrogen-bond acceptors (Lipinski definition) is 3. The lowest BCUT2D eigenvalue weighted by Crippen LogP contribution is -2.32. The van der Waals surface area contributed by atoms with Crippen molar-refractivity contribution in [3.63, 3.8) is 0 Å². The molecule has 0 fully saturated rings. The summed E-state index contributed by atoms with van der Waals surface area (Å²) in [6.45, 7) is 1.38. The van der Waals surface area contributed by atoms with Gasteiger partial charge in [-0.2, -0.15) is 13.2 Å². The number of hydrogen-bond donors (Lipinski definition) is 1. The van der Waals surface area contributed by atoms with Crippen molar-refractivity contribution >= 4 is 11.9 Å². The molecule has 1 amide bonds. The Bertz CT molecular complexity index is 1300. The van der Waals surface area contributed by atoms with Crippen LogP contribution in [0.1, 0.15) is 47.2 Å². The first kappa shape index (κ1) is 25.3.